The van der Waals surface area contributed by atoms with Crippen molar-refractivity contribution in [3.05, 3.63) is 41.0 Å². The second-order valence-corrected chi connectivity index (χ2v) is 8.15. The van der Waals surface area contributed by atoms with E-state index in [1.54, 1.807) is 33.2 Å². The summed E-state index contributed by atoms with van der Waals surface area (Å²) in [6, 6.07) is 5.57. The topological polar surface area (TPSA) is 74.8 Å². The molecule has 1 atom stereocenters. The second kappa shape index (κ2) is 6.49. The molecule has 1 unspecified atom stereocenters. The average molecular weight is 350 g/mol. The third kappa shape index (κ3) is 3.14. The smallest absolute Gasteiger partial charge is 0.257 e. The standard InChI is InChI=1S/C17H22N2O4S/c1-11-6-8-14(9-7-11)24(22,23)19-10-12(2)15(16(20)13(19)3)17(21)18(4)5/h6-9,13H,10H2,1-5H3. The third-order valence-electron chi connectivity index (χ3n) is 4.13. The highest BCUT2D eigenvalue weighted by Crippen LogP contribution is 2.27. The van der Waals surface area contributed by atoms with Gasteiger partial charge in [-0.15, -0.1) is 0 Å². The molecule has 1 aromatic rings. The van der Waals surface area contributed by atoms with Crippen molar-refractivity contribution in [3.8, 4) is 0 Å². The van der Waals surface area contributed by atoms with Crippen molar-refractivity contribution in [2.45, 2.75) is 31.7 Å². The average Bonchev–Trinajstić information content (AvgIpc) is 2.51. The number of amides is 1. The van der Waals surface area contributed by atoms with Crippen LogP contribution in [0.2, 0.25) is 0 Å². The normalized spacial score (nSPS) is 19.5. The molecule has 0 radical (unpaired) electrons. The Labute approximate surface area is 142 Å². The van der Waals surface area contributed by atoms with Crippen LogP contribution in [0, 0.1) is 6.92 Å². The molecule has 0 saturated carbocycles. The zero-order valence-electron chi connectivity index (χ0n) is 14.5. The summed E-state index contributed by atoms with van der Waals surface area (Å²) in [7, 11) is -0.679. The second-order valence-electron chi connectivity index (χ2n) is 6.26. The van der Waals surface area contributed by atoms with Crippen LogP contribution in [0.5, 0.6) is 0 Å². The number of nitrogens with zero attached hydrogens (tertiary/aromatic N) is 2. The van der Waals surface area contributed by atoms with Gasteiger partial charge in [-0.3, -0.25) is 9.59 Å². The van der Waals surface area contributed by atoms with Gasteiger partial charge in [0.1, 0.15) is 0 Å². The minimum atomic E-state index is -3.81. The fourth-order valence-corrected chi connectivity index (χ4v) is 4.28. The molecule has 0 fully saturated rings. The Morgan fingerprint density at radius 1 is 1.17 bits per heavy atom. The molecule has 0 spiro atoms. The molecule has 130 valence electrons. The molecule has 24 heavy (non-hydrogen) atoms. The van der Waals surface area contributed by atoms with Crippen LogP contribution in [-0.2, 0) is 19.6 Å². The van der Waals surface area contributed by atoms with Crippen LogP contribution in [0.1, 0.15) is 19.4 Å². The minimum absolute atomic E-state index is 0.0258. The molecule has 1 heterocycles. The molecule has 1 aliphatic heterocycles. The highest BCUT2D eigenvalue weighted by atomic mass is 32.2. The number of aryl methyl sites for hydroxylation is 1. The summed E-state index contributed by atoms with van der Waals surface area (Å²) >= 11 is 0. The van der Waals surface area contributed by atoms with Crippen molar-refractivity contribution in [1.29, 1.82) is 0 Å². The number of Topliss-reactive ketones (excluding diaryl/α,β-unsaturated/α-hetero) is 1. The number of carbonyl (C=O) groups is 2. The summed E-state index contributed by atoms with van der Waals surface area (Å²) in [5.41, 5.74) is 1.50. The van der Waals surface area contributed by atoms with E-state index in [1.165, 1.54) is 24.0 Å². The van der Waals surface area contributed by atoms with E-state index in [0.717, 1.165) is 9.87 Å². The lowest BCUT2D eigenvalue weighted by atomic mass is 9.95. The number of ketones is 1. The van der Waals surface area contributed by atoms with Gasteiger partial charge in [-0.2, -0.15) is 4.31 Å². The van der Waals surface area contributed by atoms with E-state index in [0.29, 0.717) is 5.57 Å². The van der Waals surface area contributed by atoms with Gasteiger partial charge in [0.25, 0.3) is 5.91 Å². The van der Waals surface area contributed by atoms with Crippen molar-refractivity contribution >= 4 is 21.7 Å². The number of hydrogen-bond acceptors (Lipinski definition) is 4. The van der Waals surface area contributed by atoms with Crippen LogP contribution in [-0.4, -0.2) is 56.0 Å². The molecule has 1 aliphatic rings. The quantitative estimate of drug-likeness (QED) is 0.772. The first-order chi connectivity index (χ1) is 11.1. The van der Waals surface area contributed by atoms with Crippen LogP contribution >= 0.6 is 0 Å². The lowest BCUT2D eigenvalue weighted by Gasteiger charge is -2.33. The van der Waals surface area contributed by atoms with Gasteiger partial charge in [0.05, 0.1) is 16.5 Å². The van der Waals surface area contributed by atoms with Crippen molar-refractivity contribution in [3.63, 3.8) is 0 Å². The Bertz CT molecular complexity index is 807. The molecule has 0 aromatic heterocycles. The highest BCUT2D eigenvalue weighted by Gasteiger charge is 2.41. The fourth-order valence-electron chi connectivity index (χ4n) is 2.65. The van der Waals surface area contributed by atoms with Crippen LogP contribution in [0.15, 0.2) is 40.3 Å². The number of hydrogen-bond donors (Lipinski definition) is 0. The van der Waals surface area contributed by atoms with Crippen molar-refractivity contribution < 1.29 is 18.0 Å². The van der Waals surface area contributed by atoms with Gasteiger partial charge in [0.15, 0.2) is 5.78 Å². The van der Waals surface area contributed by atoms with Gasteiger partial charge in [-0.05, 0) is 38.5 Å². The summed E-state index contributed by atoms with van der Waals surface area (Å²) in [6.07, 6.45) is 0. The summed E-state index contributed by atoms with van der Waals surface area (Å²) in [5, 5.41) is 0. The van der Waals surface area contributed by atoms with E-state index >= 15 is 0 Å². The van der Waals surface area contributed by atoms with E-state index in [4.69, 9.17) is 0 Å². The summed E-state index contributed by atoms with van der Waals surface area (Å²) in [4.78, 5) is 26.3. The SMILES string of the molecule is CC1=C(C(=O)N(C)C)C(=O)C(C)N(S(=O)(=O)c2ccc(C)cc2)C1. The molecular formula is C17H22N2O4S. The van der Waals surface area contributed by atoms with E-state index < -0.39 is 27.8 Å². The Hall–Kier alpha value is -1.99. The fraction of sp³-hybridized carbons (Fsp3) is 0.412. The summed E-state index contributed by atoms with van der Waals surface area (Å²) < 4.78 is 26.9. The molecule has 7 heteroatoms. The number of benzene rings is 1. The number of sulfonamides is 1. The van der Waals surface area contributed by atoms with Crippen LogP contribution in [0.3, 0.4) is 0 Å². The zero-order chi connectivity index (χ0) is 18.2. The van der Waals surface area contributed by atoms with Crippen LogP contribution in [0.25, 0.3) is 0 Å². The molecule has 0 saturated heterocycles. The van der Waals surface area contributed by atoms with E-state index in [-0.39, 0.29) is 17.0 Å². The summed E-state index contributed by atoms with van der Waals surface area (Å²) in [6.45, 7) is 5.04. The lowest BCUT2D eigenvalue weighted by Crippen LogP contribution is -2.50. The molecule has 0 aliphatic carbocycles. The molecule has 2 rings (SSSR count). The van der Waals surface area contributed by atoms with Crippen molar-refractivity contribution in [2.24, 2.45) is 0 Å². The maximum absolute atomic E-state index is 12.9. The third-order valence-corrected chi connectivity index (χ3v) is 6.06. The number of rotatable bonds is 3. The maximum Gasteiger partial charge on any atom is 0.257 e. The first-order valence-corrected chi connectivity index (χ1v) is 9.05. The first-order valence-electron chi connectivity index (χ1n) is 7.61. The van der Waals surface area contributed by atoms with E-state index in [2.05, 4.69) is 0 Å². The van der Waals surface area contributed by atoms with Gasteiger partial charge in [-0.1, -0.05) is 17.7 Å². The van der Waals surface area contributed by atoms with Crippen molar-refractivity contribution in [1.82, 2.24) is 9.21 Å². The Morgan fingerprint density at radius 2 is 1.71 bits per heavy atom. The minimum Gasteiger partial charge on any atom is -0.345 e. The maximum atomic E-state index is 12.9. The van der Waals surface area contributed by atoms with Gasteiger partial charge in [0.2, 0.25) is 10.0 Å². The van der Waals surface area contributed by atoms with Gasteiger partial charge < -0.3 is 4.90 Å². The first kappa shape index (κ1) is 18.4. The van der Waals surface area contributed by atoms with Crippen molar-refractivity contribution in [2.75, 3.05) is 20.6 Å². The van der Waals surface area contributed by atoms with Gasteiger partial charge in [-0.25, -0.2) is 8.42 Å². The summed E-state index contributed by atoms with van der Waals surface area (Å²) in [5.74, 6) is -0.857. The molecule has 6 nitrogen and oxygen atoms in total. The Morgan fingerprint density at radius 3 is 2.21 bits per heavy atom. The predicted octanol–water partition coefficient (Wildman–Crippen LogP) is 1.36. The zero-order valence-corrected chi connectivity index (χ0v) is 15.3. The molecule has 0 N–H and O–H groups in total. The van der Waals surface area contributed by atoms with E-state index in [1.807, 2.05) is 6.92 Å². The molecular weight excluding hydrogens is 328 g/mol. The van der Waals surface area contributed by atoms with Crippen LogP contribution in [0.4, 0.5) is 0 Å². The Balaban J connectivity index is 2.46. The molecule has 1 amide bonds. The van der Waals surface area contributed by atoms with Gasteiger partial charge in [0, 0.05) is 20.6 Å². The number of carbonyl (C=O) groups excluding carboxylic acids is 2. The highest BCUT2D eigenvalue weighted by molar-refractivity contribution is 7.89. The monoisotopic (exact) mass is 350 g/mol. The Kier molecular flexibility index (Phi) is 4.96. The number of likely N-dealkylation sites (N-methyl/N-ethyl adjacent to an activating group) is 1. The molecule has 1 aromatic carbocycles. The molecule has 0 bridgehead atoms. The predicted molar refractivity (Wildman–Crippen MR) is 90.9 cm³/mol. The largest absolute Gasteiger partial charge is 0.345 e. The lowest BCUT2D eigenvalue weighted by molar-refractivity contribution is -0.129. The van der Waals surface area contributed by atoms with Gasteiger partial charge >= 0.3 is 0 Å². The van der Waals surface area contributed by atoms with Crippen LogP contribution < -0.4 is 0 Å². The van der Waals surface area contributed by atoms with E-state index in [9.17, 15) is 18.0 Å².